The number of hydrogen-bond acceptors (Lipinski definition) is 4. The van der Waals surface area contributed by atoms with Crippen LogP contribution in [0.1, 0.15) is 40.7 Å². The van der Waals surface area contributed by atoms with Gasteiger partial charge in [0.2, 0.25) is 5.88 Å². The lowest BCUT2D eigenvalue weighted by molar-refractivity contribution is -0.160. The molecule has 0 aromatic carbocycles. The third kappa shape index (κ3) is 3.38. The van der Waals surface area contributed by atoms with E-state index in [1.165, 1.54) is 6.20 Å². The lowest BCUT2D eigenvalue weighted by Gasteiger charge is -2.26. The van der Waals surface area contributed by atoms with E-state index >= 15 is 0 Å². The highest BCUT2D eigenvalue weighted by atomic mass is 16.6. The van der Waals surface area contributed by atoms with Gasteiger partial charge in [-0.3, -0.25) is 9.55 Å². The molecule has 0 radical (unpaired) electrons. The van der Waals surface area contributed by atoms with E-state index in [4.69, 9.17) is 4.74 Å². The Morgan fingerprint density at radius 3 is 2.33 bits per heavy atom. The van der Waals surface area contributed by atoms with Crippen LogP contribution in [0.4, 0.5) is 0 Å². The molecule has 2 N–H and O–H groups in total. The summed E-state index contributed by atoms with van der Waals surface area (Å²) in [6.45, 7) is 8.91. The monoisotopic (exact) mass is 256 g/mol. The fourth-order valence-electron chi connectivity index (χ4n) is 1.67. The van der Waals surface area contributed by atoms with Gasteiger partial charge < -0.3 is 9.84 Å². The minimum Gasteiger partial charge on any atom is -0.493 e. The fourth-order valence-corrected chi connectivity index (χ4v) is 1.67. The molecule has 0 aliphatic carbocycles. The van der Waals surface area contributed by atoms with Gasteiger partial charge in [-0.25, -0.2) is 9.59 Å². The molecule has 0 spiro atoms. The zero-order chi connectivity index (χ0) is 14.1. The highest BCUT2D eigenvalue weighted by molar-refractivity contribution is 5.75. The second kappa shape index (κ2) is 4.88. The van der Waals surface area contributed by atoms with Gasteiger partial charge in [-0.2, -0.15) is 0 Å². The number of carbonyl (C=O) groups is 1. The van der Waals surface area contributed by atoms with Crippen molar-refractivity contribution in [2.24, 2.45) is 5.92 Å². The van der Waals surface area contributed by atoms with Crippen molar-refractivity contribution in [2.75, 3.05) is 0 Å². The van der Waals surface area contributed by atoms with Crippen molar-refractivity contribution in [3.8, 4) is 5.88 Å². The summed E-state index contributed by atoms with van der Waals surface area (Å²) >= 11 is 0. The van der Waals surface area contributed by atoms with Crippen LogP contribution in [0.2, 0.25) is 0 Å². The number of carbonyl (C=O) groups excluding carboxylic acids is 1. The highest BCUT2D eigenvalue weighted by Crippen LogP contribution is 2.22. The smallest absolute Gasteiger partial charge is 0.330 e. The molecular formula is C12H20N2O4. The number of hydrogen-bond donors (Lipinski definition) is 2. The number of nitrogens with one attached hydrogen (secondary N) is 1. The van der Waals surface area contributed by atoms with Gasteiger partial charge >= 0.3 is 11.7 Å². The zero-order valence-corrected chi connectivity index (χ0v) is 11.4. The number of aromatic nitrogens is 2. The molecule has 0 unspecified atom stereocenters. The molecule has 0 aliphatic heterocycles. The first-order chi connectivity index (χ1) is 8.11. The molecule has 0 saturated heterocycles. The predicted octanol–water partition coefficient (Wildman–Crippen LogP) is 1.42. The standard InChI is InChI=1S/C12H20N2O4/c1-7(2)9(10(16)18-12(3,4)5)14-6-8(15)13-11(14)17/h6-7,9,15H,1-5H3,(H,13,17)/t9-/m0/s1. The molecule has 0 saturated carbocycles. The number of esters is 1. The van der Waals surface area contributed by atoms with Crippen molar-refractivity contribution >= 4 is 5.97 Å². The second-order valence-electron chi connectivity index (χ2n) is 5.57. The number of ether oxygens (including phenoxy) is 1. The number of imidazole rings is 1. The van der Waals surface area contributed by atoms with Crippen LogP contribution in [0.25, 0.3) is 0 Å². The van der Waals surface area contributed by atoms with E-state index < -0.39 is 23.3 Å². The molecule has 0 amide bonds. The first-order valence-corrected chi connectivity index (χ1v) is 5.85. The quantitative estimate of drug-likeness (QED) is 0.801. The third-order valence-corrected chi connectivity index (χ3v) is 2.31. The summed E-state index contributed by atoms with van der Waals surface area (Å²) in [5, 5.41) is 9.25. The van der Waals surface area contributed by atoms with E-state index in [2.05, 4.69) is 4.98 Å². The van der Waals surface area contributed by atoms with Crippen molar-refractivity contribution in [2.45, 2.75) is 46.3 Å². The molecule has 102 valence electrons. The average molecular weight is 256 g/mol. The number of aromatic amines is 1. The van der Waals surface area contributed by atoms with Gasteiger partial charge in [-0.15, -0.1) is 0 Å². The van der Waals surface area contributed by atoms with E-state index in [0.717, 1.165) is 4.57 Å². The average Bonchev–Trinajstić information content (AvgIpc) is 2.41. The molecule has 1 heterocycles. The SMILES string of the molecule is CC(C)[C@@H](C(=O)OC(C)(C)C)n1cc(O)[nH]c1=O. The molecule has 6 heteroatoms. The Balaban J connectivity index is 3.08. The molecule has 0 bridgehead atoms. The van der Waals surface area contributed by atoms with Crippen LogP contribution in [0.15, 0.2) is 11.0 Å². The summed E-state index contributed by atoms with van der Waals surface area (Å²) in [5.41, 5.74) is -1.15. The zero-order valence-electron chi connectivity index (χ0n) is 11.4. The van der Waals surface area contributed by atoms with Crippen LogP contribution < -0.4 is 5.69 Å². The summed E-state index contributed by atoms with van der Waals surface area (Å²) in [6, 6.07) is -0.756. The lowest BCUT2D eigenvalue weighted by atomic mass is 10.0. The normalized spacial score (nSPS) is 13.7. The molecule has 18 heavy (non-hydrogen) atoms. The molecule has 6 nitrogen and oxygen atoms in total. The Labute approximate surface area is 106 Å². The Kier molecular flexibility index (Phi) is 3.88. The van der Waals surface area contributed by atoms with Gasteiger partial charge in [0.05, 0.1) is 6.20 Å². The summed E-state index contributed by atoms with van der Waals surface area (Å²) in [7, 11) is 0. The first-order valence-electron chi connectivity index (χ1n) is 5.85. The molecule has 0 fully saturated rings. The largest absolute Gasteiger partial charge is 0.493 e. The number of rotatable bonds is 3. The van der Waals surface area contributed by atoms with Crippen molar-refractivity contribution < 1.29 is 14.6 Å². The second-order valence-corrected chi connectivity index (χ2v) is 5.57. The summed E-state index contributed by atoms with van der Waals surface area (Å²) in [6.07, 6.45) is 1.21. The summed E-state index contributed by atoms with van der Waals surface area (Å²) in [5.74, 6) is -0.888. The summed E-state index contributed by atoms with van der Waals surface area (Å²) in [4.78, 5) is 25.9. The topological polar surface area (TPSA) is 84.3 Å². The Hall–Kier alpha value is -1.72. The van der Waals surface area contributed by atoms with E-state index in [-0.39, 0.29) is 11.8 Å². The maximum absolute atomic E-state index is 12.1. The molecule has 1 rings (SSSR count). The Bertz CT molecular complexity index is 479. The molecule has 1 atom stereocenters. The van der Waals surface area contributed by atoms with E-state index in [9.17, 15) is 14.7 Å². The number of aromatic hydroxyl groups is 1. The molecule has 1 aromatic heterocycles. The predicted molar refractivity (Wildman–Crippen MR) is 66.4 cm³/mol. The van der Waals surface area contributed by atoms with Crippen LogP contribution >= 0.6 is 0 Å². The van der Waals surface area contributed by atoms with Crippen LogP contribution in [0.5, 0.6) is 5.88 Å². The van der Waals surface area contributed by atoms with Gasteiger partial charge in [0.25, 0.3) is 0 Å². The minimum absolute atomic E-state index is 0.132. The van der Waals surface area contributed by atoms with Crippen molar-refractivity contribution in [1.29, 1.82) is 0 Å². The van der Waals surface area contributed by atoms with Crippen LogP contribution in [0, 0.1) is 5.92 Å². The van der Waals surface area contributed by atoms with Gasteiger partial charge in [0, 0.05) is 0 Å². The van der Waals surface area contributed by atoms with Crippen LogP contribution in [0.3, 0.4) is 0 Å². The van der Waals surface area contributed by atoms with Crippen LogP contribution in [-0.4, -0.2) is 26.2 Å². The molecular weight excluding hydrogens is 236 g/mol. The fraction of sp³-hybridized carbons (Fsp3) is 0.667. The van der Waals surface area contributed by atoms with Crippen LogP contribution in [-0.2, 0) is 9.53 Å². The number of H-pyrrole nitrogens is 1. The maximum Gasteiger partial charge on any atom is 0.330 e. The van der Waals surface area contributed by atoms with Gasteiger partial charge in [0.15, 0.2) is 0 Å². The van der Waals surface area contributed by atoms with E-state index in [0.29, 0.717) is 0 Å². The molecule has 1 aromatic rings. The van der Waals surface area contributed by atoms with E-state index in [1.807, 2.05) is 13.8 Å². The Morgan fingerprint density at radius 2 is 2.00 bits per heavy atom. The lowest BCUT2D eigenvalue weighted by Crippen LogP contribution is -2.36. The first kappa shape index (κ1) is 14.3. The van der Waals surface area contributed by atoms with Gasteiger partial charge in [-0.1, -0.05) is 13.8 Å². The summed E-state index contributed by atoms with van der Waals surface area (Å²) < 4.78 is 6.45. The number of nitrogens with zero attached hydrogens (tertiary/aromatic N) is 1. The maximum atomic E-state index is 12.1. The van der Waals surface area contributed by atoms with E-state index in [1.54, 1.807) is 20.8 Å². The third-order valence-electron chi connectivity index (χ3n) is 2.31. The van der Waals surface area contributed by atoms with Crippen molar-refractivity contribution in [3.05, 3.63) is 16.7 Å². The molecule has 0 aliphatic rings. The minimum atomic E-state index is -0.756. The van der Waals surface area contributed by atoms with Gasteiger partial charge in [-0.05, 0) is 26.7 Å². The highest BCUT2D eigenvalue weighted by Gasteiger charge is 2.30. The van der Waals surface area contributed by atoms with Gasteiger partial charge in [0.1, 0.15) is 11.6 Å². The van der Waals surface area contributed by atoms with Crippen molar-refractivity contribution in [3.63, 3.8) is 0 Å². The Morgan fingerprint density at radius 1 is 1.44 bits per heavy atom. The van der Waals surface area contributed by atoms with Crippen molar-refractivity contribution in [1.82, 2.24) is 9.55 Å².